The van der Waals surface area contributed by atoms with E-state index in [1.807, 2.05) is 35.7 Å². The summed E-state index contributed by atoms with van der Waals surface area (Å²) >= 11 is 7.62. The van der Waals surface area contributed by atoms with E-state index >= 15 is 0 Å². The number of hydrogen-bond acceptors (Lipinski definition) is 5. The van der Waals surface area contributed by atoms with Crippen LogP contribution in [0.1, 0.15) is 17.8 Å². The number of thiophene rings is 1. The van der Waals surface area contributed by atoms with Crippen LogP contribution < -0.4 is 16.0 Å². The highest BCUT2D eigenvalue weighted by Gasteiger charge is 2.34. The first kappa shape index (κ1) is 18.3. The van der Waals surface area contributed by atoms with E-state index < -0.39 is 12.0 Å². The zero-order valence-electron chi connectivity index (χ0n) is 14.0. The van der Waals surface area contributed by atoms with Crippen molar-refractivity contribution in [1.82, 2.24) is 10.6 Å². The zero-order chi connectivity index (χ0) is 18.5. The summed E-state index contributed by atoms with van der Waals surface area (Å²) in [6, 6.07) is 10.1. The molecule has 1 aromatic heterocycles. The minimum absolute atomic E-state index is 0.229. The maximum Gasteiger partial charge on any atom is 0.338 e. The number of benzene rings is 1. The maximum absolute atomic E-state index is 12.6. The number of urea groups is 1. The van der Waals surface area contributed by atoms with Crippen molar-refractivity contribution in [3.63, 3.8) is 0 Å². The Bertz CT molecular complexity index is 836. The fraction of sp³-hybridized carbons (Fsp3) is 0.222. The molecule has 2 heterocycles. The van der Waals surface area contributed by atoms with Gasteiger partial charge in [-0.15, -0.1) is 11.3 Å². The van der Waals surface area contributed by atoms with Gasteiger partial charge in [0.25, 0.3) is 0 Å². The minimum Gasteiger partial charge on any atom is -0.463 e. The average molecular weight is 392 g/mol. The van der Waals surface area contributed by atoms with Gasteiger partial charge in [-0.2, -0.15) is 0 Å². The summed E-state index contributed by atoms with van der Waals surface area (Å²) in [6.45, 7) is 2.22. The number of carbonyl (C=O) groups is 2. The maximum atomic E-state index is 12.6. The zero-order valence-corrected chi connectivity index (χ0v) is 15.6. The topological polar surface area (TPSA) is 79.5 Å². The molecule has 0 saturated carbocycles. The number of carbonyl (C=O) groups excluding carboxylic acids is 2. The van der Waals surface area contributed by atoms with Crippen LogP contribution in [0, 0.1) is 0 Å². The SMILES string of the molecule is CCOC(=O)C1=C(CNc2ccccc2Cl)NC(=O)N[C@@H]1c1cccs1. The highest BCUT2D eigenvalue weighted by atomic mass is 35.5. The molecule has 2 aromatic rings. The van der Waals surface area contributed by atoms with Gasteiger partial charge in [0.05, 0.1) is 41.2 Å². The second-order valence-corrected chi connectivity index (χ2v) is 6.88. The summed E-state index contributed by atoms with van der Waals surface area (Å²) in [4.78, 5) is 25.6. The van der Waals surface area contributed by atoms with Crippen LogP contribution in [-0.2, 0) is 9.53 Å². The van der Waals surface area contributed by atoms with Gasteiger partial charge in [-0.05, 0) is 30.5 Å². The van der Waals surface area contributed by atoms with Gasteiger partial charge in [-0.3, -0.25) is 0 Å². The van der Waals surface area contributed by atoms with Gasteiger partial charge in [0, 0.05) is 4.88 Å². The molecule has 0 unspecified atom stereocenters. The van der Waals surface area contributed by atoms with Crippen LogP contribution in [0.4, 0.5) is 10.5 Å². The molecule has 0 aliphatic carbocycles. The quantitative estimate of drug-likeness (QED) is 0.656. The summed E-state index contributed by atoms with van der Waals surface area (Å²) in [5.41, 5.74) is 1.56. The van der Waals surface area contributed by atoms with E-state index in [1.54, 1.807) is 13.0 Å². The van der Waals surface area contributed by atoms with Crippen LogP contribution in [0.25, 0.3) is 0 Å². The summed E-state index contributed by atoms with van der Waals surface area (Å²) in [5.74, 6) is -0.464. The van der Waals surface area contributed by atoms with E-state index in [0.29, 0.717) is 22.0 Å². The molecule has 0 fully saturated rings. The third kappa shape index (κ3) is 4.00. The van der Waals surface area contributed by atoms with Crippen molar-refractivity contribution in [3.8, 4) is 0 Å². The van der Waals surface area contributed by atoms with Crippen LogP contribution in [0.3, 0.4) is 0 Å². The molecule has 0 bridgehead atoms. The Labute approximate surface area is 160 Å². The third-order valence-corrected chi connectivity index (χ3v) is 5.07. The molecule has 26 heavy (non-hydrogen) atoms. The lowest BCUT2D eigenvalue weighted by molar-refractivity contribution is -0.139. The van der Waals surface area contributed by atoms with E-state index in [1.165, 1.54) is 11.3 Å². The summed E-state index contributed by atoms with van der Waals surface area (Å²) in [7, 11) is 0. The molecule has 0 saturated heterocycles. The van der Waals surface area contributed by atoms with Crippen molar-refractivity contribution in [2.24, 2.45) is 0 Å². The van der Waals surface area contributed by atoms with Crippen LogP contribution in [0.15, 0.2) is 53.0 Å². The summed E-state index contributed by atoms with van der Waals surface area (Å²) < 4.78 is 5.21. The van der Waals surface area contributed by atoms with Crippen molar-refractivity contribution in [3.05, 3.63) is 62.9 Å². The number of para-hydroxylation sites is 1. The first-order valence-corrected chi connectivity index (χ1v) is 9.35. The summed E-state index contributed by atoms with van der Waals surface area (Å²) in [6.07, 6.45) is 0. The van der Waals surface area contributed by atoms with Gasteiger partial charge in [-0.25, -0.2) is 9.59 Å². The number of amides is 2. The predicted octanol–water partition coefficient (Wildman–Crippen LogP) is 3.68. The second kappa shape index (κ2) is 8.25. The molecule has 2 amide bonds. The van der Waals surface area contributed by atoms with Crippen molar-refractivity contribution < 1.29 is 14.3 Å². The van der Waals surface area contributed by atoms with Gasteiger partial charge in [0.2, 0.25) is 0 Å². The number of rotatable bonds is 6. The number of anilines is 1. The first-order chi connectivity index (χ1) is 12.6. The lowest BCUT2D eigenvalue weighted by Gasteiger charge is -2.28. The van der Waals surface area contributed by atoms with Crippen LogP contribution in [-0.4, -0.2) is 25.2 Å². The fourth-order valence-corrected chi connectivity index (χ4v) is 3.65. The fourth-order valence-electron chi connectivity index (χ4n) is 2.66. The van der Waals surface area contributed by atoms with Crippen LogP contribution >= 0.6 is 22.9 Å². The smallest absolute Gasteiger partial charge is 0.338 e. The van der Waals surface area contributed by atoms with Gasteiger partial charge in [0.15, 0.2) is 0 Å². The molecule has 3 N–H and O–H groups in total. The average Bonchev–Trinajstić information content (AvgIpc) is 3.15. The second-order valence-electron chi connectivity index (χ2n) is 5.49. The Hall–Kier alpha value is -2.51. The third-order valence-electron chi connectivity index (χ3n) is 3.81. The lowest BCUT2D eigenvalue weighted by Crippen LogP contribution is -2.47. The molecule has 1 aromatic carbocycles. The Morgan fingerprint density at radius 2 is 2.12 bits per heavy atom. The molecule has 8 heteroatoms. The Kier molecular flexibility index (Phi) is 5.80. The number of ether oxygens (including phenoxy) is 1. The molecule has 136 valence electrons. The van der Waals surface area contributed by atoms with Gasteiger partial charge >= 0.3 is 12.0 Å². The molecule has 1 aliphatic rings. The number of hydrogen-bond donors (Lipinski definition) is 3. The molecular weight excluding hydrogens is 374 g/mol. The molecular formula is C18H18ClN3O3S. The molecule has 1 aliphatic heterocycles. The van der Waals surface area contributed by atoms with Crippen LogP contribution in [0.2, 0.25) is 5.02 Å². The molecule has 6 nitrogen and oxygen atoms in total. The van der Waals surface area contributed by atoms with Crippen molar-refractivity contribution in [2.75, 3.05) is 18.5 Å². The monoisotopic (exact) mass is 391 g/mol. The highest BCUT2D eigenvalue weighted by Crippen LogP contribution is 2.31. The Morgan fingerprint density at radius 1 is 1.31 bits per heavy atom. The Balaban J connectivity index is 1.94. The largest absolute Gasteiger partial charge is 0.463 e. The normalized spacial score (nSPS) is 16.7. The first-order valence-electron chi connectivity index (χ1n) is 8.09. The number of nitrogens with one attached hydrogen (secondary N) is 3. The van der Waals surface area contributed by atoms with E-state index in [4.69, 9.17) is 16.3 Å². The Morgan fingerprint density at radius 3 is 2.81 bits per heavy atom. The van der Waals surface area contributed by atoms with Gasteiger partial charge in [-0.1, -0.05) is 29.8 Å². The van der Waals surface area contributed by atoms with Crippen molar-refractivity contribution >= 4 is 40.6 Å². The molecule has 3 rings (SSSR count). The number of esters is 1. The summed E-state index contributed by atoms with van der Waals surface area (Å²) in [5, 5.41) is 11.1. The minimum atomic E-state index is -0.550. The van der Waals surface area contributed by atoms with Crippen LogP contribution in [0.5, 0.6) is 0 Å². The predicted molar refractivity (Wildman–Crippen MR) is 102 cm³/mol. The molecule has 0 spiro atoms. The molecule has 0 radical (unpaired) electrons. The van der Waals surface area contributed by atoms with E-state index in [-0.39, 0.29) is 19.2 Å². The van der Waals surface area contributed by atoms with Gasteiger partial charge in [0.1, 0.15) is 0 Å². The van der Waals surface area contributed by atoms with E-state index in [2.05, 4.69) is 16.0 Å². The van der Waals surface area contributed by atoms with Gasteiger partial charge < -0.3 is 20.7 Å². The van der Waals surface area contributed by atoms with Crippen molar-refractivity contribution in [1.29, 1.82) is 0 Å². The highest BCUT2D eigenvalue weighted by molar-refractivity contribution is 7.10. The number of halogens is 1. The van der Waals surface area contributed by atoms with Crippen molar-refractivity contribution in [2.45, 2.75) is 13.0 Å². The standard InChI is InChI=1S/C18H18ClN3O3S/c1-2-25-17(23)15-13(10-20-12-7-4-3-6-11(12)19)21-18(24)22-16(15)14-8-5-9-26-14/h3-9,16,20H,2,10H2,1H3,(H2,21,22,24)/t16-/m1/s1. The lowest BCUT2D eigenvalue weighted by atomic mass is 10.0. The van der Waals surface area contributed by atoms with E-state index in [0.717, 1.165) is 4.88 Å². The molecule has 1 atom stereocenters. The van der Waals surface area contributed by atoms with E-state index in [9.17, 15) is 9.59 Å².